The number of sulfonamides is 1. The van der Waals surface area contributed by atoms with Crippen LogP contribution in [0.3, 0.4) is 0 Å². The molecule has 6 nitrogen and oxygen atoms in total. The Balaban J connectivity index is 1.91. The van der Waals surface area contributed by atoms with Gasteiger partial charge >= 0.3 is 0 Å². The van der Waals surface area contributed by atoms with E-state index in [-0.39, 0.29) is 0 Å². The number of hydrogen-bond acceptors (Lipinski definition) is 5. The van der Waals surface area contributed by atoms with Crippen LogP contribution < -0.4 is 9.46 Å². The highest BCUT2D eigenvalue weighted by molar-refractivity contribution is 7.90. The molecular weight excluding hydrogens is 359 g/mol. The number of fused-ring (bicyclic) bond motifs is 1. The van der Waals surface area contributed by atoms with Gasteiger partial charge in [-0.2, -0.15) is 5.26 Å². The van der Waals surface area contributed by atoms with Crippen LogP contribution in [-0.2, 0) is 21.2 Å². The lowest BCUT2D eigenvalue weighted by Gasteiger charge is -2.14. The number of nitriles is 1. The zero-order valence-electron chi connectivity index (χ0n) is 13.8. The number of hydrogen-bond donors (Lipinski definition) is 1. The summed E-state index contributed by atoms with van der Waals surface area (Å²) in [4.78, 5) is 12.0. The summed E-state index contributed by atoms with van der Waals surface area (Å²) in [5.74, 6) is -1.68. The monoisotopic (exact) mass is 374 g/mol. The van der Waals surface area contributed by atoms with Crippen molar-refractivity contribution in [3.63, 3.8) is 0 Å². The zero-order chi connectivity index (χ0) is 18.9. The maximum absolute atomic E-state index is 13.7. The molecule has 0 aromatic heterocycles. The number of benzene rings is 2. The lowest BCUT2D eigenvalue weighted by molar-refractivity contribution is -0.120. The summed E-state index contributed by atoms with van der Waals surface area (Å²) in [6.45, 7) is 0. The molecule has 134 valence electrons. The van der Waals surface area contributed by atoms with E-state index in [0.717, 1.165) is 17.7 Å². The highest BCUT2D eigenvalue weighted by Gasteiger charge is 2.33. The first-order valence-electron chi connectivity index (χ1n) is 7.80. The molecule has 1 atom stereocenters. The van der Waals surface area contributed by atoms with Crippen molar-refractivity contribution in [2.24, 2.45) is 0 Å². The van der Waals surface area contributed by atoms with Crippen molar-refractivity contribution in [1.29, 1.82) is 5.26 Å². The van der Waals surface area contributed by atoms with E-state index >= 15 is 0 Å². The minimum absolute atomic E-state index is 0.436. The van der Waals surface area contributed by atoms with Gasteiger partial charge in [0, 0.05) is 0 Å². The number of rotatable bonds is 4. The van der Waals surface area contributed by atoms with Gasteiger partial charge in [0.25, 0.3) is 10.0 Å². The van der Waals surface area contributed by atoms with Crippen LogP contribution in [0.2, 0.25) is 0 Å². The van der Waals surface area contributed by atoms with E-state index < -0.39 is 38.1 Å². The molecule has 0 radical (unpaired) electrons. The molecule has 26 heavy (non-hydrogen) atoms. The van der Waals surface area contributed by atoms with Crippen molar-refractivity contribution >= 4 is 15.9 Å². The van der Waals surface area contributed by atoms with Gasteiger partial charge in [-0.25, -0.2) is 17.5 Å². The van der Waals surface area contributed by atoms with Gasteiger partial charge in [-0.1, -0.05) is 18.2 Å². The van der Waals surface area contributed by atoms with Gasteiger partial charge in [-0.3, -0.25) is 4.79 Å². The summed E-state index contributed by atoms with van der Waals surface area (Å²) in [6, 6.07) is 10.0. The number of carbonyl (C=O) groups excluding carboxylic acids is 1. The molecule has 0 spiro atoms. The standard InChI is InChI=1S/C18H15FN2O4S/c1-25-16-6-2-4-11-12(16)8-9-13(11)18(22)21-26(23,24)17-7-3-5-15(19)14(17)10-20/h2-7,13H,8-9H2,1H3,(H,21,22). The van der Waals surface area contributed by atoms with Gasteiger partial charge in [0.2, 0.25) is 5.91 Å². The van der Waals surface area contributed by atoms with Gasteiger partial charge in [0.15, 0.2) is 0 Å². The van der Waals surface area contributed by atoms with Gasteiger partial charge in [0.05, 0.1) is 13.0 Å². The summed E-state index contributed by atoms with van der Waals surface area (Å²) in [5.41, 5.74) is 0.953. The first-order valence-corrected chi connectivity index (χ1v) is 9.28. The summed E-state index contributed by atoms with van der Waals surface area (Å²) in [7, 11) is -2.85. The van der Waals surface area contributed by atoms with Crippen molar-refractivity contribution in [3.05, 3.63) is 58.9 Å². The molecule has 0 fully saturated rings. The van der Waals surface area contributed by atoms with E-state index in [1.54, 1.807) is 18.2 Å². The second-order valence-electron chi connectivity index (χ2n) is 5.81. The van der Waals surface area contributed by atoms with Crippen molar-refractivity contribution in [3.8, 4) is 11.8 Å². The Bertz CT molecular complexity index is 1030. The fourth-order valence-corrected chi connectivity index (χ4v) is 4.37. The van der Waals surface area contributed by atoms with Crippen LogP contribution in [0, 0.1) is 17.1 Å². The Hall–Kier alpha value is -2.92. The molecule has 1 N–H and O–H groups in total. The quantitative estimate of drug-likeness (QED) is 0.885. The third-order valence-electron chi connectivity index (χ3n) is 4.38. The summed E-state index contributed by atoms with van der Waals surface area (Å²) >= 11 is 0. The van der Waals surface area contributed by atoms with Gasteiger partial charge in [0.1, 0.15) is 28.1 Å². The number of carbonyl (C=O) groups is 1. The average Bonchev–Trinajstić information content (AvgIpc) is 3.05. The van der Waals surface area contributed by atoms with E-state index in [9.17, 15) is 17.6 Å². The molecule has 0 saturated carbocycles. The number of nitrogens with zero attached hydrogens (tertiary/aromatic N) is 1. The number of amides is 1. The minimum atomic E-state index is -4.37. The lowest BCUT2D eigenvalue weighted by Crippen LogP contribution is -2.34. The lowest BCUT2D eigenvalue weighted by atomic mass is 10.0. The number of nitrogens with one attached hydrogen (secondary N) is 1. The molecule has 1 aliphatic rings. The Morgan fingerprint density at radius 3 is 2.73 bits per heavy atom. The second kappa shape index (κ2) is 6.77. The highest BCUT2D eigenvalue weighted by atomic mass is 32.2. The largest absolute Gasteiger partial charge is 0.496 e. The highest BCUT2D eigenvalue weighted by Crippen LogP contribution is 2.38. The molecule has 8 heteroatoms. The van der Waals surface area contributed by atoms with Crippen LogP contribution in [0.15, 0.2) is 41.3 Å². The topological polar surface area (TPSA) is 96.3 Å². The summed E-state index contributed by atoms with van der Waals surface area (Å²) < 4.78 is 45.9. The minimum Gasteiger partial charge on any atom is -0.496 e. The third-order valence-corrected chi connectivity index (χ3v) is 5.76. The summed E-state index contributed by atoms with van der Waals surface area (Å²) in [5, 5.41) is 9.02. The molecule has 2 aromatic carbocycles. The molecule has 2 aromatic rings. The first kappa shape index (κ1) is 17.9. The van der Waals surface area contributed by atoms with Crippen molar-refractivity contribution in [2.75, 3.05) is 7.11 Å². The van der Waals surface area contributed by atoms with E-state index in [1.807, 2.05) is 4.72 Å². The maximum atomic E-state index is 13.7. The molecule has 0 bridgehead atoms. The fourth-order valence-electron chi connectivity index (χ4n) is 3.18. The SMILES string of the molecule is COc1cccc2c1CCC2C(=O)NS(=O)(=O)c1cccc(F)c1C#N. The zero-order valence-corrected chi connectivity index (χ0v) is 14.6. The van der Waals surface area contributed by atoms with Crippen molar-refractivity contribution < 1.29 is 22.3 Å². The Morgan fingerprint density at radius 1 is 1.31 bits per heavy atom. The van der Waals surface area contributed by atoms with Gasteiger partial charge in [-0.15, -0.1) is 0 Å². The van der Waals surface area contributed by atoms with Crippen LogP contribution in [-0.4, -0.2) is 21.4 Å². The van der Waals surface area contributed by atoms with Gasteiger partial charge < -0.3 is 4.74 Å². The van der Waals surface area contributed by atoms with Crippen LogP contribution in [0.5, 0.6) is 5.75 Å². The molecule has 0 heterocycles. The Kier molecular flexibility index (Phi) is 4.66. The van der Waals surface area contributed by atoms with Crippen molar-refractivity contribution in [1.82, 2.24) is 4.72 Å². The fraction of sp³-hybridized carbons (Fsp3) is 0.222. The number of halogens is 1. The third kappa shape index (κ3) is 3.02. The second-order valence-corrected chi connectivity index (χ2v) is 7.46. The summed E-state index contributed by atoms with van der Waals surface area (Å²) in [6.07, 6.45) is 1.02. The molecule has 3 rings (SSSR count). The van der Waals surface area contributed by atoms with Crippen molar-refractivity contribution in [2.45, 2.75) is 23.7 Å². The predicted octanol–water partition coefficient (Wildman–Crippen LogP) is 2.24. The van der Waals surface area contributed by atoms with E-state index in [0.29, 0.717) is 24.2 Å². The smallest absolute Gasteiger partial charge is 0.265 e. The molecule has 1 aliphatic carbocycles. The molecule has 1 unspecified atom stereocenters. The van der Waals surface area contributed by atoms with Gasteiger partial charge in [-0.05, 0) is 42.2 Å². The van der Waals surface area contributed by atoms with E-state index in [1.165, 1.54) is 19.2 Å². The van der Waals surface area contributed by atoms with E-state index in [4.69, 9.17) is 10.00 Å². The first-order chi connectivity index (χ1) is 12.4. The van der Waals surface area contributed by atoms with E-state index in [2.05, 4.69) is 0 Å². The Morgan fingerprint density at radius 2 is 2.04 bits per heavy atom. The Labute approximate surface area is 150 Å². The molecule has 0 aliphatic heterocycles. The number of ether oxygens (including phenoxy) is 1. The molecule has 0 saturated heterocycles. The van der Waals surface area contributed by atoms with Crippen LogP contribution in [0.25, 0.3) is 0 Å². The van der Waals surface area contributed by atoms with Crippen LogP contribution >= 0.6 is 0 Å². The molecule has 1 amide bonds. The number of methoxy groups -OCH3 is 1. The predicted molar refractivity (Wildman–Crippen MR) is 90.5 cm³/mol. The maximum Gasteiger partial charge on any atom is 0.265 e. The molecular formula is C18H15FN2O4S. The normalized spacial score (nSPS) is 15.8. The average molecular weight is 374 g/mol. The van der Waals surface area contributed by atoms with Crippen LogP contribution in [0.4, 0.5) is 4.39 Å². The van der Waals surface area contributed by atoms with Crippen LogP contribution in [0.1, 0.15) is 29.0 Å².